The van der Waals surface area contributed by atoms with Crippen LogP contribution in [0.5, 0.6) is 0 Å². The Morgan fingerprint density at radius 3 is 3.00 bits per heavy atom. The van der Waals surface area contributed by atoms with E-state index in [2.05, 4.69) is 24.3 Å². The van der Waals surface area contributed by atoms with Crippen molar-refractivity contribution in [3.63, 3.8) is 0 Å². The number of nitrogens with zero attached hydrogens (tertiary/aromatic N) is 2. The molecule has 0 saturated heterocycles. The van der Waals surface area contributed by atoms with Crippen LogP contribution in [0, 0.1) is 6.92 Å². The van der Waals surface area contributed by atoms with Gasteiger partial charge in [-0.1, -0.05) is 0 Å². The molecule has 1 aromatic heterocycles. The Bertz CT molecular complexity index is 344. The fraction of sp³-hybridized carbons (Fsp3) is 0.750. The normalized spacial score (nSPS) is 17.7. The van der Waals surface area contributed by atoms with E-state index in [0.29, 0.717) is 0 Å². The zero-order valence-corrected chi connectivity index (χ0v) is 10.4. The molecule has 1 atom stereocenters. The predicted octanol–water partition coefficient (Wildman–Crippen LogP) is 1.48. The Kier molecular flexibility index (Phi) is 3.61. The first-order valence-corrected chi connectivity index (χ1v) is 5.98. The van der Waals surface area contributed by atoms with Gasteiger partial charge in [0.2, 0.25) is 0 Å². The van der Waals surface area contributed by atoms with Crippen molar-refractivity contribution >= 4 is 0 Å². The van der Waals surface area contributed by atoms with E-state index in [1.165, 1.54) is 24.1 Å². The van der Waals surface area contributed by atoms with Gasteiger partial charge in [-0.25, -0.2) is 0 Å². The monoisotopic (exact) mass is 223 g/mol. The van der Waals surface area contributed by atoms with Crippen molar-refractivity contribution in [3.05, 3.63) is 17.5 Å². The quantitative estimate of drug-likeness (QED) is 0.794. The second-order valence-corrected chi connectivity index (χ2v) is 4.64. The first kappa shape index (κ1) is 11.6. The maximum absolute atomic E-state index is 5.25. The third kappa shape index (κ3) is 2.83. The summed E-state index contributed by atoms with van der Waals surface area (Å²) in [7, 11) is 1.74. The van der Waals surface area contributed by atoms with Crippen molar-refractivity contribution in [2.45, 2.75) is 51.9 Å². The minimum Gasteiger partial charge on any atom is -0.380 e. The molecular formula is C12H21N3O. The van der Waals surface area contributed by atoms with Gasteiger partial charge in [-0.3, -0.25) is 4.68 Å². The molecule has 90 valence electrons. The van der Waals surface area contributed by atoms with Gasteiger partial charge in [0, 0.05) is 31.0 Å². The number of ether oxygens (including phenoxy) is 1. The molecule has 0 aromatic carbocycles. The van der Waals surface area contributed by atoms with Crippen LogP contribution < -0.4 is 5.32 Å². The van der Waals surface area contributed by atoms with Crippen LogP contribution in [0.2, 0.25) is 0 Å². The van der Waals surface area contributed by atoms with Crippen LogP contribution in [-0.2, 0) is 17.8 Å². The number of hydrogen-bond donors (Lipinski definition) is 1. The minimum atomic E-state index is 0.211. The summed E-state index contributed by atoms with van der Waals surface area (Å²) in [6, 6.07) is 0.751. The van der Waals surface area contributed by atoms with Crippen molar-refractivity contribution in [2.75, 3.05) is 7.11 Å². The third-order valence-corrected chi connectivity index (χ3v) is 3.20. The van der Waals surface area contributed by atoms with Gasteiger partial charge in [0.25, 0.3) is 0 Å². The van der Waals surface area contributed by atoms with E-state index in [1.54, 1.807) is 7.11 Å². The van der Waals surface area contributed by atoms with E-state index < -0.39 is 0 Å². The smallest absolute Gasteiger partial charge is 0.0739 e. The highest BCUT2D eigenvalue weighted by Crippen LogP contribution is 2.19. The van der Waals surface area contributed by atoms with Gasteiger partial charge < -0.3 is 10.1 Å². The second-order valence-electron chi connectivity index (χ2n) is 4.64. The lowest BCUT2D eigenvalue weighted by atomic mass is 10.2. The molecule has 0 bridgehead atoms. The lowest BCUT2D eigenvalue weighted by Crippen LogP contribution is -2.18. The van der Waals surface area contributed by atoms with Gasteiger partial charge >= 0.3 is 0 Å². The van der Waals surface area contributed by atoms with Crippen molar-refractivity contribution in [2.24, 2.45) is 0 Å². The Morgan fingerprint density at radius 1 is 1.62 bits per heavy atom. The molecule has 1 N–H and O–H groups in total. The van der Waals surface area contributed by atoms with Crippen LogP contribution in [-0.4, -0.2) is 29.0 Å². The summed E-state index contributed by atoms with van der Waals surface area (Å²) >= 11 is 0. The molecule has 1 heterocycles. The molecule has 1 aromatic rings. The standard InChI is InChI=1S/C12H21N3O/c1-9(16-3)8-15-10(2)11(7-14-15)6-13-12-4-5-12/h7,9,12-13H,4-6,8H2,1-3H3. The SMILES string of the molecule is COC(C)Cn1ncc(CNC2CC2)c1C. The maximum Gasteiger partial charge on any atom is 0.0739 e. The van der Waals surface area contributed by atoms with E-state index >= 15 is 0 Å². The van der Waals surface area contributed by atoms with Crippen molar-refractivity contribution in [1.82, 2.24) is 15.1 Å². The highest BCUT2D eigenvalue weighted by atomic mass is 16.5. The van der Waals surface area contributed by atoms with Gasteiger partial charge in [0.15, 0.2) is 0 Å². The number of methoxy groups -OCH3 is 1. The fourth-order valence-corrected chi connectivity index (χ4v) is 1.70. The molecule has 1 aliphatic rings. The van der Waals surface area contributed by atoms with Gasteiger partial charge in [0.1, 0.15) is 0 Å². The van der Waals surface area contributed by atoms with E-state index in [0.717, 1.165) is 19.1 Å². The molecule has 4 heteroatoms. The third-order valence-electron chi connectivity index (χ3n) is 3.20. The van der Waals surface area contributed by atoms with E-state index in [1.807, 2.05) is 10.9 Å². The highest BCUT2D eigenvalue weighted by molar-refractivity contribution is 5.16. The van der Waals surface area contributed by atoms with Crippen LogP contribution >= 0.6 is 0 Å². The molecule has 1 unspecified atom stereocenters. The average molecular weight is 223 g/mol. The zero-order chi connectivity index (χ0) is 11.5. The highest BCUT2D eigenvalue weighted by Gasteiger charge is 2.20. The second kappa shape index (κ2) is 4.97. The van der Waals surface area contributed by atoms with E-state index in [9.17, 15) is 0 Å². The first-order chi connectivity index (χ1) is 7.70. The van der Waals surface area contributed by atoms with Crippen molar-refractivity contribution < 1.29 is 4.74 Å². The Balaban J connectivity index is 1.92. The molecular weight excluding hydrogens is 202 g/mol. The van der Waals surface area contributed by atoms with E-state index in [4.69, 9.17) is 4.74 Å². The zero-order valence-electron chi connectivity index (χ0n) is 10.4. The Morgan fingerprint density at radius 2 is 2.38 bits per heavy atom. The lowest BCUT2D eigenvalue weighted by molar-refractivity contribution is 0.0992. The number of aromatic nitrogens is 2. The molecule has 1 aliphatic carbocycles. The Hall–Kier alpha value is -0.870. The van der Waals surface area contributed by atoms with Gasteiger partial charge in [-0.05, 0) is 26.7 Å². The Labute approximate surface area is 97.0 Å². The number of rotatable bonds is 6. The molecule has 2 rings (SSSR count). The maximum atomic E-state index is 5.25. The summed E-state index contributed by atoms with van der Waals surface area (Å²) in [5.74, 6) is 0. The van der Waals surface area contributed by atoms with Gasteiger partial charge in [0.05, 0.1) is 18.8 Å². The minimum absolute atomic E-state index is 0.211. The molecule has 16 heavy (non-hydrogen) atoms. The number of nitrogens with one attached hydrogen (secondary N) is 1. The first-order valence-electron chi connectivity index (χ1n) is 5.98. The average Bonchev–Trinajstić information content (AvgIpc) is 3.05. The van der Waals surface area contributed by atoms with Crippen LogP contribution in [0.4, 0.5) is 0 Å². The van der Waals surface area contributed by atoms with Crippen LogP contribution in [0.3, 0.4) is 0 Å². The van der Waals surface area contributed by atoms with Gasteiger partial charge in [-0.15, -0.1) is 0 Å². The molecule has 1 fully saturated rings. The lowest BCUT2D eigenvalue weighted by Gasteiger charge is -2.11. The number of hydrogen-bond acceptors (Lipinski definition) is 3. The summed E-state index contributed by atoms with van der Waals surface area (Å²) in [5, 5.41) is 7.91. The predicted molar refractivity (Wildman–Crippen MR) is 63.3 cm³/mol. The fourth-order valence-electron chi connectivity index (χ4n) is 1.70. The topological polar surface area (TPSA) is 39.1 Å². The summed E-state index contributed by atoms with van der Waals surface area (Å²) in [6.07, 6.45) is 4.83. The van der Waals surface area contributed by atoms with Gasteiger partial charge in [-0.2, -0.15) is 5.10 Å². The van der Waals surface area contributed by atoms with Crippen LogP contribution in [0.15, 0.2) is 6.20 Å². The molecule has 0 aliphatic heterocycles. The largest absolute Gasteiger partial charge is 0.380 e. The molecule has 0 radical (unpaired) electrons. The van der Waals surface area contributed by atoms with Crippen LogP contribution in [0.25, 0.3) is 0 Å². The summed E-state index contributed by atoms with van der Waals surface area (Å²) in [4.78, 5) is 0. The molecule has 4 nitrogen and oxygen atoms in total. The molecule has 0 amide bonds. The van der Waals surface area contributed by atoms with E-state index in [-0.39, 0.29) is 6.10 Å². The van der Waals surface area contributed by atoms with Crippen LogP contribution in [0.1, 0.15) is 31.0 Å². The summed E-state index contributed by atoms with van der Waals surface area (Å²) in [5.41, 5.74) is 2.55. The summed E-state index contributed by atoms with van der Waals surface area (Å²) < 4.78 is 7.28. The van der Waals surface area contributed by atoms with Crippen molar-refractivity contribution in [3.8, 4) is 0 Å². The summed E-state index contributed by atoms with van der Waals surface area (Å²) in [6.45, 7) is 5.95. The molecule has 0 spiro atoms. The molecule has 1 saturated carbocycles. The van der Waals surface area contributed by atoms with Crippen molar-refractivity contribution in [1.29, 1.82) is 0 Å².